The van der Waals surface area contributed by atoms with Crippen molar-refractivity contribution in [2.24, 2.45) is 5.92 Å². The number of alkyl halides is 2. The van der Waals surface area contributed by atoms with Gasteiger partial charge in [0, 0.05) is 25.3 Å². The normalized spacial score (nSPS) is 20.1. The third-order valence-electron chi connectivity index (χ3n) is 5.79. The molecule has 8 heteroatoms. The second kappa shape index (κ2) is 6.47. The van der Waals surface area contributed by atoms with Gasteiger partial charge in [0.05, 0.1) is 11.1 Å². The predicted octanol–water partition coefficient (Wildman–Crippen LogP) is 4.50. The molecular weight excluding hydrogens is 371 g/mol. The van der Waals surface area contributed by atoms with Gasteiger partial charge in [-0.25, -0.2) is 18.2 Å². The van der Waals surface area contributed by atoms with Crippen LogP contribution in [0.3, 0.4) is 0 Å². The number of carbonyl (C=O) groups is 1. The Morgan fingerprint density at radius 3 is 2.57 bits per heavy atom. The van der Waals surface area contributed by atoms with Crippen LogP contribution in [0, 0.1) is 11.7 Å². The summed E-state index contributed by atoms with van der Waals surface area (Å²) < 4.78 is 42.5. The van der Waals surface area contributed by atoms with Gasteiger partial charge in [-0.3, -0.25) is 10.1 Å². The first-order chi connectivity index (χ1) is 13.0. The zero-order valence-electron chi connectivity index (χ0n) is 15.9. The molecule has 0 aliphatic heterocycles. The summed E-state index contributed by atoms with van der Waals surface area (Å²) in [5.41, 5.74) is -0.145. The molecule has 1 amide bonds. The number of halogens is 3. The first-order valence-corrected chi connectivity index (χ1v) is 9.65. The van der Waals surface area contributed by atoms with Crippen molar-refractivity contribution >= 4 is 22.9 Å². The number of fused-ring (bicyclic) bond motifs is 1. The molecule has 0 atom stereocenters. The maximum atomic E-state index is 14.7. The molecule has 2 aromatic rings. The minimum absolute atomic E-state index is 0.000858. The number of hydrogen-bond donors (Lipinski definition) is 2. The molecule has 2 fully saturated rings. The number of hydrogen-bond acceptors (Lipinski definition) is 3. The molecule has 0 radical (unpaired) electrons. The Morgan fingerprint density at radius 1 is 1.36 bits per heavy atom. The number of nitrogens with one attached hydrogen (secondary N) is 1. The van der Waals surface area contributed by atoms with Crippen molar-refractivity contribution in [2.75, 3.05) is 5.32 Å². The minimum atomic E-state index is -2.67. The third kappa shape index (κ3) is 3.50. The molecule has 2 aliphatic carbocycles. The largest absolute Gasteiger partial charge is 0.386 e. The molecule has 0 unspecified atom stereocenters. The fraction of sp³-hybridized carbons (Fsp3) is 0.600. The number of aliphatic hydroxyl groups is 1. The van der Waals surface area contributed by atoms with Crippen LogP contribution in [0.15, 0.2) is 12.1 Å². The van der Waals surface area contributed by atoms with E-state index >= 15 is 0 Å². The second-order valence-electron chi connectivity index (χ2n) is 8.66. The lowest BCUT2D eigenvalue weighted by Gasteiger charge is -2.34. The zero-order chi connectivity index (χ0) is 20.3. The van der Waals surface area contributed by atoms with Crippen LogP contribution < -0.4 is 5.32 Å². The second-order valence-corrected chi connectivity index (χ2v) is 8.66. The van der Waals surface area contributed by atoms with E-state index in [1.165, 1.54) is 6.07 Å². The maximum absolute atomic E-state index is 14.7. The molecular formula is C20H24F3N3O2. The molecule has 2 aliphatic rings. The van der Waals surface area contributed by atoms with Crippen LogP contribution in [0.4, 0.5) is 19.1 Å². The van der Waals surface area contributed by atoms with Gasteiger partial charge in [0.15, 0.2) is 5.82 Å². The highest BCUT2D eigenvalue weighted by Gasteiger charge is 2.45. The van der Waals surface area contributed by atoms with Gasteiger partial charge in [0.2, 0.25) is 17.8 Å². The van der Waals surface area contributed by atoms with Crippen molar-refractivity contribution in [1.29, 1.82) is 0 Å². The summed E-state index contributed by atoms with van der Waals surface area (Å²) in [6.07, 6.45) is 2.25. The van der Waals surface area contributed by atoms with Crippen LogP contribution >= 0.6 is 0 Å². The fourth-order valence-corrected chi connectivity index (χ4v) is 3.98. The molecule has 1 aromatic heterocycles. The highest BCUT2D eigenvalue weighted by Crippen LogP contribution is 2.44. The summed E-state index contributed by atoms with van der Waals surface area (Å²) in [6.45, 7) is 3.16. The average Bonchev–Trinajstić information content (AvgIpc) is 2.82. The van der Waals surface area contributed by atoms with Gasteiger partial charge in [-0.2, -0.15) is 0 Å². The Labute approximate surface area is 160 Å². The molecule has 2 N–H and O–H groups in total. The van der Waals surface area contributed by atoms with Crippen molar-refractivity contribution < 1.29 is 23.1 Å². The lowest BCUT2D eigenvalue weighted by Crippen LogP contribution is -2.37. The van der Waals surface area contributed by atoms with Crippen molar-refractivity contribution in [3.63, 3.8) is 0 Å². The standard InChI is InChI=1S/C20H24F3N3O2/c1-19(2,28)12-7-14(21)17-15(8-12)26(13-4-3-5-13)18(25-17)24-16(27)6-11-9-20(22,23)10-11/h7-8,11,13,28H,3-6,9-10H2,1-2H3,(H,24,25,27). The summed E-state index contributed by atoms with van der Waals surface area (Å²) in [5.74, 6) is -3.72. The Morgan fingerprint density at radius 2 is 2.04 bits per heavy atom. The molecule has 0 spiro atoms. The van der Waals surface area contributed by atoms with Crippen LogP contribution in [0.5, 0.6) is 0 Å². The lowest BCUT2D eigenvalue weighted by molar-refractivity contribution is -0.129. The van der Waals surface area contributed by atoms with E-state index in [0.717, 1.165) is 19.3 Å². The Kier molecular flexibility index (Phi) is 4.45. The number of imidazole rings is 1. The Hall–Kier alpha value is -2.09. The van der Waals surface area contributed by atoms with Gasteiger partial charge in [-0.15, -0.1) is 0 Å². The molecule has 1 heterocycles. The quantitative estimate of drug-likeness (QED) is 0.783. The Bertz CT molecular complexity index is 921. The number of anilines is 1. The van der Waals surface area contributed by atoms with E-state index in [2.05, 4.69) is 10.3 Å². The van der Waals surface area contributed by atoms with Gasteiger partial charge in [0.25, 0.3) is 0 Å². The van der Waals surface area contributed by atoms with Crippen LogP contribution in [-0.4, -0.2) is 26.5 Å². The smallest absolute Gasteiger partial charge is 0.248 e. The lowest BCUT2D eigenvalue weighted by atomic mass is 9.79. The summed E-state index contributed by atoms with van der Waals surface area (Å²) in [7, 11) is 0. The number of aromatic nitrogens is 2. The van der Waals surface area contributed by atoms with E-state index in [9.17, 15) is 23.1 Å². The average molecular weight is 395 g/mol. The van der Waals surface area contributed by atoms with Crippen LogP contribution in [0.25, 0.3) is 11.0 Å². The first kappa shape index (κ1) is 19.2. The minimum Gasteiger partial charge on any atom is -0.386 e. The number of benzene rings is 1. The highest BCUT2D eigenvalue weighted by atomic mass is 19.3. The van der Waals surface area contributed by atoms with Gasteiger partial charge in [0.1, 0.15) is 5.52 Å². The monoisotopic (exact) mass is 395 g/mol. The van der Waals surface area contributed by atoms with Crippen molar-refractivity contribution in [3.8, 4) is 0 Å². The van der Waals surface area contributed by atoms with E-state index in [-0.39, 0.29) is 48.6 Å². The molecule has 28 heavy (non-hydrogen) atoms. The molecule has 5 nitrogen and oxygen atoms in total. The van der Waals surface area contributed by atoms with Crippen LogP contribution in [0.2, 0.25) is 0 Å². The van der Waals surface area contributed by atoms with Gasteiger partial charge in [-0.05, 0) is 56.7 Å². The number of amides is 1. The van der Waals surface area contributed by atoms with Gasteiger partial charge >= 0.3 is 0 Å². The molecule has 2 saturated carbocycles. The summed E-state index contributed by atoms with van der Waals surface area (Å²) >= 11 is 0. The number of rotatable bonds is 5. The van der Waals surface area contributed by atoms with Crippen LogP contribution in [-0.2, 0) is 10.4 Å². The van der Waals surface area contributed by atoms with Gasteiger partial charge < -0.3 is 9.67 Å². The predicted molar refractivity (Wildman–Crippen MR) is 98.7 cm³/mol. The van der Waals surface area contributed by atoms with Crippen molar-refractivity contribution in [1.82, 2.24) is 9.55 Å². The highest BCUT2D eigenvalue weighted by molar-refractivity contribution is 5.92. The molecule has 152 valence electrons. The van der Waals surface area contributed by atoms with E-state index in [1.54, 1.807) is 19.9 Å². The Balaban J connectivity index is 1.65. The SMILES string of the molecule is CC(C)(O)c1cc(F)c2nc(NC(=O)CC3CC(F)(F)C3)n(C3CCC3)c2c1. The first-order valence-electron chi connectivity index (χ1n) is 9.65. The van der Waals surface area contributed by atoms with E-state index < -0.39 is 17.3 Å². The van der Waals surface area contributed by atoms with E-state index in [1.807, 2.05) is 4.57 Å². The van der Waals surface area contributed by atoms with Gasteiger partial charge in [-0.1, -0.05) is 0 Å². The molecule has 0 saturated heterocycles. The third-order valence-corrected chi connectivity index (χ3v) is 5.79. The fourth-order valence-electron chi connectivity index (χ4n) is 3.98. The van der Waals surface area contributed by atoms with E-state index in [4.69, 9.17) is 0 Å². The molecule has 0 bridgehead atoms. The number of nitrogens with zero attached hydrogens (tertiary/aromatic N) is 2. The summed E-state index contributed by atoms with van der Waals surface area (Å²) in [5, 5.41) is 13.0. The molecule has 1 aromatic carbocycles. The topological polar surface area (TPSA) is 67.2 Å². The number of carbonyl (C=O) groups excluding carboxylic acids is 1. The summed E-state index contributed by atoms with van der Waals surface area (Å²) in [6, 6.07) is 3.04. The zero-order valence-corrected chi connectivity index (χ0v) is 15.9. The molecule has 4 rings (SSSR count). The van der Waals surface area contributed by atoms with Crippen molar-refractivity contribution in [3.05, 3.63) is 23.5 Å². The maximum Gasteiger partial charge on any atom is 0.248 e. The van der Waals surface area contributed by atoms with E-state index in [0.29, 0.717) is 11.1 Å². The summed E-state index contributed by atoms with van der Waals surface area (Å²) in [4.78, 5) is 16.6. The van der Waals surface area contributed by atoms with Crippen molar-refractivity contribution in [2.45, 2.75) is 69.9 Å². The van der Waals surface area contributed by atoms with Crippen LogP contribution in [0.1, 0.15) is 64.0 Å².